The Labute approximate surface area is 175 Å². The Morgan fingerprint density at radius 2 is 1.87 bits per heavy atom. The molecule has 6 nitrogen and oxygen atoms in total. The molecule has 0 amide bonds. The van der Waals surface area contributed by atoms with Crippen molar-refractivity contribution in [3.8, 4) is 17.2 Å². The number of hydrogen-bond acceptors (Lipinski definition) is 6. The first-order valence-corrected chi connectivity index (χ1v) is 10.1. The summed E-state index contributed by atoms with van der Waals surface area (Å²) in [7, 11) is 1.67. The number of aromatic nitrogens is 1. The van der Waals surface area contributed by atoms with E-state index in [-0.39, 0.29) is 12.3 Å². The van der Waals surface area contributed by atoms with Crippen LogP contribution in [0.15, 0.2) is 72.1 Å². The van der Waals surface area contributed by atoms with E-state index in [1.54, 1.807) is 19.5 Å². The minimum atomic E-state index is -0.345. The number of ether oxygens (including phenoxy) is 3. The summed E-state index contributed by atoms with van der Waals surface area (Å²) in [5.74, 6) is 2.39. The first-order valence-electron chi connectivity index (χ1n) is 10.1. The van der Waals surface area contributed by atoms with Crippen LogP contribution in [-0.4, -0.2) is 29.4 Å². The zero-order chi connectivity index (χ0) is 20.5. The fourth-order valence-corrected chi connectivity index (χ4v) is 4.08. The molecule has 1 aromatic heterocycles. The van der Waals surface area contributed by atoms with Gasteiger partial charge in [-0.25, -0.2) is 5.01 Å². The van der Waals surface area contributed by atoms with Gasteiger partial charge in [-0.15, -0.1) is 0 Å². The van der Waals surface area contributed by atoms with E-state index < -0.39 is 0 Å². The quantitative estimate of drug-likeness (QED) is 0.619. The molecule has 30 heavy (non-hydrogen) atoms. The van der Waals surface area contributed by atoms with Crippen molar-refractivity contribution in [1.82, 2.24) is 9.99 Å². The van der Waals surface area contributed by atoms with E-state index in [0.717, 1.165) is 46.1 Å². The lowest BCUT2D eigenvalue weighted by Crippen LogP contribution is -2.33. The number of rotatable bonds is 5. The van der Waals surface area contributed by atoms with Crippen LogP contribution in [0.3, 0.4) is 0 Å². The monoisotopic (exact) mass is 401 g/mol. The SMILES string of the molecule is CCOc1ccc(C2=NN3[C@@H](C2)c2cccc(OC)c2O[C@H]3c2ccncc2)cc1. The summed E-state index contributed by atoms with van der Waals surface area (Å²) >= 11 is 0. The minimum absolute atomic E-state index is 0.0728. The van der Waals surface area contributed by atoms with E-state index in [9.17, 15) is 0 Å². The van der Waals surface area contributed by atoms with Crippen LogP contribution in [0.2, 0.25) is 0 Å². The lowest BCUT2D eigenvalue weighted by atomic mass is 9.95. The van der Waals surface area contributed by atoms with Gasteiger partial charge in [0.25, 0.3) is 0 Å². The van der Waals surface area contributed by atoms with Crippen LogP contribution in [0.4, 0.5) is 0 Å². The predicted octanol–water partition coefficient (Wildman–Crippen LogP) is 4.73. The van der Waals surface area contributed by atoms with E-state index in [2.05, 4.69) is 28.2 Å². The maximum atomic E-state index is 6.44. The molecule has 152 valence electrons. The largest absolute Gasteiger partial charge is 0.494 e. The Kier molecular flexibility index (Phi) is 4.75. The molecule has 5 rings (SSSR count). The summed E-state index contributed by atoms with van der Waals surface area (Å²) in [5, 5.41) is 7.05. The van der Waals surface area contributed by atoms with Crippen molar-refractivity contribution in [2.24, 2.45) is 5.10 Å². The average Bonchev–Trinajstić information content (AvgIpc) is 3.25. The van der Waals surface area contributed by atoms with E-state index >= 15 is 0 Å². The van der Waals surface area contributed by atoms with E-state index in [4.69, 9.17) is 19.3 Å². The van der Waals surface area contributed by atoms with Gasteiger partial charge < -0.3 is 14.2 Å². The molecule has 0 fully saturated rings. The molecule has 2 aliphatic rings. The summed E-state index contributed by atoms with van der Waals surface area (Å²) in [4.78, 5) is 4.14. The molecular formula is C24H23N3O3. The predicted molar refractivity (Wildman–Crippen MR) is 114 cm³/mol. The van der Waals surface area contributed by atoms with Gasteiger partial charge in [0.2, 0.25) is 6.23 Å². The van der Waals surface area contributed by atoms with Crippen LogP contribution in [-0.2, 0) is 0 Å². The number of pyridine rings is 1. The molecule has 6 heteroatoms. The molecule has 3 heterocycles. The molecule has 2 aromatic carbocycles. The molecule has 0 bridgehead atoms. The maximum Gasteiger partial charge on any atom is 0.214 e. The van der Waals surface area contributed by atoms with Gasteiger partial charge in [-0.05, 0) is 55.0 Å². The second-order valence-corrected chi connectivity index (χ2v) is 7.23. The van der Waals surface area contributed by atoms with Gasteiger partial charge >= 0.3 is 0 Å². The molecule has 0 saturated carbocycles. The maximum absolute atomic E-state index is 6.44. The zero-order valence-electron chi connectivity index (χ0n) is 17.0. The number of hydrogen-bond donors (Lipinski definition) is 0. The van der Waals surface area contributed by atoms with Gasteiger partial charge in [0.05, 0.1) is 25.5 Å². The minimum Gasteiger partial charge on any atom is -0.494 e. The van der Waals surface area contributed by atoms with Gasteiger partial charge in [-0.3, -0.25) is 4.98 Å². The van der Waals surface area contributed by atoms with Crippen molar-refractivity contribution in [2.45, 2.75) is 25.6 Å². The van der Waals surface area contributed by atoms with Crippen molar-refractivity contribution in [3.05, 3.63) is 83.7 Å². The standard InChI is InChI=1S/C24H23N3O3/c1-3-29-18-9-7-16(8-10-18)20-15-21-19-5-4-6-22(28-2)23(19)30-24(27(21)26-20)17-11-13-25-14-12-17/h4-14,21,24H,3,15H2,1-2H3/t21-,24-/m0/s1. The van der Waals surface area contributed by atoms with E-state index in [0.29, 0.717) is 6.61 Å². The summed E-state index contributed by atoms with van der Waals surface area (Å²) in [5.41, 5.74) is 4.21. The summed E-state index contributed by atoms with van der Waals surface area (Å²) in [6.07, 6.45) is 4.00. The highest BCUT2D eigenvalue weighted by molar-refractivity contribution is 6.02. The number of methoxy groups -OCH3 is 1. The number of benzene rings is 2. The van der Waals surface area contributed by atoms with Crippen LogP contribution < -0.4 is 14.2 Å². The van der Waals surface area contributed by atoms with Crippen LogP contribution in [0, 0.1) is 0 Å². The number of hydrazone groups is 1. The highest BCUT2D eigenvalue weighted by atomic mass is 16.5. The first-order chi connectivity index (χ1) is 14.8. The third kappa shape index (κ3) is 3.14. The number of fused-ring (bicyclic) bond motifs is 3. The first kappa shape index (κ1) is 18.5. The molecule has 2 atom stereocenters. The van der Waals surface area contributed by atoms with Crippen LogP contribution in [0.5, 0.6) is 17.2 Å². The van der Waals surface area contributed by atoms with Gasteiger partial charge in [0.1, 0.15) is 5.75 Å². The lowest BCUT2D eigenvalue weighted by molar-refractivity contribution is -0.0209. The highest BCUT2D eigenvalue weighted by Gasteiger charge is 2.42. The van der Waals surface area contributed by atoms with Crippen LogP contribution >= 0.6 is 0 Å². The molecule has 3 aromatic rings. The molecule has 0 saturated heterocycles. The van der Waals surface area contributed by atoms with Crippen molar-refractivity contribution in [3.63, 3.8) is 0 Å². The summed E-state index contributed by atoms with van der Waals surface area (Å²) in [6.45, 7) is 2.64. The Bertz CT molecular complexity index is 1070. The Hall–Kier alpha value is -3.54. The van der Waals surface area contributed by atoms with Crippen molar-refractivity contribution >= 4 is 5.71 Å². The third-order valence-electron chi connectivity index (χ3n) is 5.49. The Morgan fingerprint density at radius 1 is 1.07 bits per heavy atom. The molecule has 0 N–H and O–H groups in total. The molecule has 2 aliphatic heterocycles. The van der Waals surface area contributed by atoms with Crippen LogP contribution in [0.1, 0.15) is 42.3 Å². The van der Waals surface area contributed by atoms with Gasteiger partial charge in [0.15, 0.2) is 11.5 Å². The normalized spacial score (nSPS) is 19.4. The fourth-order valence-electron chi connectivity index (χ4n) is 4.08. The van der Waals surface area contributed by atoms with Crippen LogP contribution in [0.25, 0.3) is 0 Å². The summed E-state index contributed by atoms with van der Waals surface area (Å²) < 4.78 is 17.6. The third-order valence-corrected chi connectivity index (χ3v) is 5.49. The van der Waals surface area contributed by atoms with Crippen molar-refractivity contribution in [2.75, 3.05) is 13.7 Å². The molecule has 0 radical (unpaired) electrons. The fraction of sp³-hybridized carbons (Fsp3) is 0.250. The number of nitrogens with zero attached hydrogens (tertiary/aromatic N) is 3. The van der Waals surface area contributed by atoms with Gasteiger partial charge in [0, 0.05) is 29.9 Å². The molecule has 0 unspecified atom stereocenters. The highest BCUT2D eigenvalue weighted by Crippen LogP contribution is 2.50. The zero-order valence-corrected chi connectivity index (χ0v) is 17.0. The number of para-hydroxylation sites is 1. The average molecular weight is 401 g/mol. The van der Waals surface area contributed by atoms with Crippen molar-refractivity contribution in [1.29, 1.82) is 0 Å². The topological polar surface area (TPSA) is 56.2 Å². The Balaban J connectivity index is 1.55. The lowest BCUT2D eigenvalue weighted by Gasteiger charge is -2.38. The second-order valence-electron chi connectivity index (χ2n) is 7.23. The summed E-state index contributed by atoms with van der Waals surface area (Å²) in [6, 6.07) is 18.1. The van der Waals surface area contributed by atoms with Gasteiger partial charge in [-0.2, -0.15) is 5.10 Å². The smallest absolute Gasteiger partial charge is 0.214 e. The second kappa shape index (κ2) is 7.71. The molecule has 0 aliphatic carbocycles. The van der Waals surface area contributed by atoms with E-state index in [1.165, 1.54) is 0 Å². The molecule has 0 spiro atoms. The van der Waals surface area contributed by atoms with Crippen molar-refractivity contribution < 1.29 is 14.2 Å². The van der Waals surface area contributed by atoms with E-state index in [1.807, 2.05) is 43.3 Å². The molecular weight excluding hydrogens is 378 g/mol. The Morgan fingerprint density at radius 3 is 2.60 bits per heavy atom. The van der Waals surface area contributed by atoms with Gasteiger partial charge in [-0.1, -0.05) is 12.1 Å².